The SMILES string of the molecule is CC(C)c1nnc2ccc(-c3sc(N4CCCCC4)nc3-c3ccc(F)cc3F)nn12. The molecule has 0 saturated carbocycles. The van der Waals surface area contributed by atoms with Crippen LogP contribution in [0.15, 0.2) is 30.3 Å². The number of rotatable bonds is 4. The molecule has 0 unspecified atom stereocenters. The standard InChI is InChI=1S/C22H22F2N6S/c1-13(2)21-27-26-18-9-8-17(28-30(18)21)20-19(15-7-6-14(23)12-16(15)24)25-22(31-20)29-10-4-3-5-11-29/h6-9,12-13H,3-5,10-11H2,1-2H3. The molecule has 3 aromatic heterocycles. The van der Waals surface area contributed by atoms with Gasteiger partial charge in [-0.2, -0.15) is 9.61 Å². The van der Waals surface area contributed by atoms with Crippen molar-refractivity contribution in [2.24, 2.45) is 0 Å². The maximum Gasteiger partial charge on any atom is 0.186 e. The molecule has 9 heteroatoms. The number of hydrogen-bond donors (Lipinski definition) is 0. The Balaban J connectivity index is 1.68. The normalized spacial score (nSPS) is 14.7. The van der Waals surface area contributed by atoms with Crippen LogP contribution in [0.1, 0.15) is 44.9 Å². The van der Waals surface area contributed by atoms with Gasteiger partial charge in [0.1, 0.15) is 17.3 Å². The predicted octanol–water partition coefficient (Wildman–Crippen LogP) is 5.31. The van der Waals surface area contributed by atoms with Crippen LogP contribution >= 0.6 is 11.3 Å². The zero-order chi connectivity index (χ0) is 21.5. The van der Waals surface area contributed by atoms with Gasteiger partial charge in [0.05, 0.1) is 10.6 Å². The van der Waals surface area contributed by atoms with Gasteiger partial charge in [0.25, 0.3) is 0 Å². The van der Waals surface area contributed by atoms with Crippen molar-refractivity contribution >= 4 is 22.1 Å². The summed E-state index contributed by atoms with van der Waals surface area (Å²) >= 11 is 1.49. The fourth-order valence-corrected chi connectivity index (χ4v) is 4.95. The van der Waals surface area contributed by atoms with Crippen LogP contribution in [0.5, 0.6) is 0 Å². The minimum absolute atomic E-state index is 0.150. The van der Waals surface area contributed by atoms with E-state index in [1.807, 2.05) is 26.0 Å². The quantitative estimate of drug-likeness (QED) is 0.431. The molecule has 1 aliphatic heterocycles. The van der Waals surface area contributed by atoms with E-state index in [1.165, 1.54) is 29.9 Å². The van der Waals surface area contributed by atoms with Crippen molar-refractivity contribution in [2.45, 2.75) is 39.0 Å². The molecule has 4 aromatic rings. The van der Waals surface area contributed by atoms with E-state index < -0.39 is 11.6 Å². The van der Waals surface area contributed by atoms with Crippen molar-refractivity contribution < 1.29 is 8.78 Å². The second-order valence-electron chi connectivity index (χ2n) is 8.05. The highest BCUT2D eigenvalue weighted by molar-refractivity contribution is 7.19. The summed E-state index contributed by atoms with van der Waals surface area (Å²) < 4.78 is 30.0. The molecule has 0 aliphatic carbocycles. The minimum Gasteiger partial charge on any atom is -0.348 e. The molecule has 31 heavy (non-hydrogen) atoms. The zero-order valence-corrected chi connectivity index (χ0v) is 18.2. The van der Waals surface area contributed by atoms with Crippen LogP contribution in [0.25, 0.3) is 27.5 Å². The molecule has 1 aliphatic rings. The first kappa shape index (κ1) is 20.0. The lowest BCUT2D eigenvalue weighted by Gasteiger charge is -2.25. The number of fused-ring (bicyclic) bond motifs is 1. The van der Waals surface area contributed by atoms with Crippen LogP contribution in [0.4, 0.5) is 13.9 Å². The van der Waals surface area contributed by atoms with Gasteiger partial charge in [0.15, 0.2) is 16.6 Å². The van der Waals surface area contributed by atoms with Gasteiger partial charge in [-0.15, -0.1) is 10.2 Å². The molecule has 0 spiro atoms. The first-order valence-corrected chi connectivity index (χ1v) is 11.3. The molecule has 0 atom stereocenters. The molecule has 0 N–H and O–H groups in total. The Morgan fingerprint density at radius 2 is 1.81 bits per heavy atom. The van der Waals surface area contributed by atoms with E-state index in [-0.39, 0.29) is 11.5 Å². The molecule has 1 aromatic carbocycles. The Labute approximate surface area is 182 Å². The summed E-state index contributed by atoms with van der Waals surface area (Å²) in [5, 5.41) is 14.0. The summed E-state index contributed by atoms with van der Waals surface area (Å²) in [5.41, 5.74) is 2.07. The molecule has 0 amide bonds. The third-order valence-corrected chi connectivity index (χ3v) is 6.60. The highest BCUT2D eigenvalue weighted by atomic mass is 32.1. The van der Waals surface area contributed by atoms with E-state index in [0.717, 1.165) is 47.8 Å². The first-order chi connectivity index (χ1) is 15.0. The fraction of sp³-hybridized carbons (Fsp3) is 0.364. The summed E-state index contributed by atoms with van der Waals surface area (Å²) in [5.74, 6) is -0.339. The van der Waals surface area contributed by atoms with Gasteiger partial charge < -0.3 is 4.90 Å². The van der Waals surface area contributed by atoms with E-state index in [0.29, 0.717) is 17.0 Å². The third kappa shape index (κ3) is 3.67. The molecule has 1 fully saturated rings. The fourth-order valence-electron chi connectivity index (χ4n) is 3.85. The lowest BCUT2D eigenvalue weighted by Crippen LogP contribution is -2.29. The molecular formula is C22H22F2N6S. The van der Waals surface area contributed by atoms with Gasteiger partial charge in [0.2, 0.25) is 0 Å². The highest BCUT2D eigenvalue weighted by Crippen LogP contribution is 2.41. The first-order valence-electron chi connectivity index (χ1n) is 10.4. The van der Waals surface area contributed by atoms with Gasteiger partial charge in [-0.25, -0.2) is 13.8 Å². The van der Waals surface area contributed by atoms with E-state index in [1.54, 1.807) is 4.52 Å². The average Bonchev–Trinajstić information content (AvgIpc) is 3.38. The summed E-state index contributed by atoms with van der Waals surface area (Å²) in [6.45, 7) is 5.91. The number of thiazole rings is 1. The smallest absolute Gasteiger partial charge is 0.186 e. The second-order valence-corrected chi connectivity index (χ2v) is 9.03. The Morgan fingerprint density at radius 1 is 1.00 bits per heavy atom. The van der Waals surface area contributed by atoms with Crippen LogP contribution < -0.4 is 4.90 Å². The number of aromatic nitrogens is 5. The van der Waals surface area contributed by atoms with Gasteiger partial charge in [-0.05, 0) is 43.5 Å². The monoisotopic (exact) mass is 440 g/mol. The largest absolute Gasteiger partial charge is 0.348 e. The zero-order valence-electron chi connectivity index (χ0n) is 17.3. The van der Waals surface area contributed by atoms with Crippen molar-refractivity contribution in [3.63, 3.8) is 0 Å². The summed E-state index contributed by atoms with van der Waals surface area (Å²) in [6, 6.07) is 7.31. The predicted molar refractivity (Wildman–Crippen MR) is 117 cm³/mol. The van der Waals surface area contributed by atoms with Crippen LogP contribution in [-0.2, 0) is 0 Å². The van der Waals surface area contributed by atoms with Crippen LogP contribution in [-0.4, -0.2) is 37.9 Å². The number of hydrogen-bond acceptors (Lipinski definition) is 6. The molecule has 4 heterocycles. The summed E-state index contributed by atoms with van der Waals surface area (Å²) in [4.78, 5) is 7.78. The molecule has 0 bridgehead atoms. The van der Waals surface area contributed by atoms with E-state index in [9.17, 15) is 8.78 Å². The Hall–Kier alpha value is -2.94. The number of piperidine rings is 1. The Bertz CT molecular complexity index is 1240. The van der Waals surface area contributed by atoms with Crippen molar-refractivity contribution in [2.75, 3.05) is 18.0 Å². The Morgan fingerprint density at radius 3 is 2.55 bits per heavy atom. The van der Waals surface area contributed by atoms with Crippen LogP contribution in [0.3, 0.4) is 0 Å². The van der Waals surface area contributed by atoms with Gasteiger partial charge in [0, 0.05) is 30.6 Å². The topological polar surface area (TPSA) is 59.2 Å². The summed E-state index contributed by atoms with van der Waals surface area (Å²) in [7, 11) is 0. The molecular weight excluding hydrogens is 418 g/mol. The number of halogens is 2. The second kappa shape index (κ2) is 7.96. The number of benzene rings is 1. The molecule has 0 radical (unpaired) electrons. The maximum atomic E-state index is 14.7. The maximum absolute atomic E-state index is 14.7. The third-order valence-electron chi connectivity index (χ3n) is 5.46. The Kier molecular flexibility index (Phi) is 5.13. The van der Waals surface area contributed by atoms with Crippen molar-refractivity contribution in [3.8, 4) is 21.8 Å². The van der Waals surface area contributed by atoms with Crippen LogP contribution in [0.2, 0.25) is 0 Å². The molecule has 6 nitrogen and oxygen atoms in total. The molecule has 5 rings (SSSR count). The van der Waals surface area contributed by atoms with E-state index in [4.69, 9.17) is 10.1 Å². The lowest BCUT2D eigenvalue weighted by atomic mass is 10.1. The minimum atomic E-state index is -0.634. The number of nitrogens with zero attached hydrogens (tertiary/aromatic N) is 6. The lowest BCUT2D eigenvalue weighted by molar-refractivity contribution is 0.576. The van der Waals surface area contributed by atoms with E-state index in [2.05, 4.69) is 15.1 Å². The van der Waals surface area contributed by atoms with Gasteiger partial charge in [-0.3, -0.25) is 0 Å². The average molecular weight is 441 g/mol. The van der Waals surface area contributed by atoms with Gasteiger partial charge >= 0.3 is 0 Å². The van der Waals surface area contributed by atoms with E-state index >= 15 is 0 Å². The molecule has 160 valence electrons. The number of anilines is 1. The molecule has 1 saturated heterocycles. The summed E-state index contributed by atoms with van der Waals surface area (Å²) in [6.07, 6.45) is 3.42. The van der Waals surface area contributed by atoms with Crippen LogP contribution in [0, 0.1) is 11.6 Å². The van der Waals surface area contributed by atoms with Crippen molar-refractivity contribution in [3.05, 3.63) is 47.8 Å². The van der Waals surface area contributed by atoms with Gasteiger partial charge in [-0.1, -0.05) is 25.2 Å². The van der Waals surface area contributed by atoms with Crippen molar-refractivity contribution in [1.82, 2.24) is 24.8 Å². The van der Waals surface area contributed by atoms with Crippen molar-refractivity contribution in [1.29, 1.82) is 0 Å². The highest BCUT2D eigenvalue weighted by Gasteiger charge is 2.24.